The van der Waals surface area contributed by atoms with Gasteiger partial charge in [-0.25, -0.2) is 14.6 Å². The number of methoxy groups -OCH3 is 1. The Labute approximate surface area is 209 Å². The van der Waals surface area contributed by atoms with E-state index in [0.717, 1.165) is 0 Å². The molecule has 2 aromatic rings. The number of amides is 2. The summed E-state index contributed by atoms with van der Waals surface area (Å²) in [5, 5.41) is 10.2. The SMILES string of the molecule is COc1cccc(C(=O)Oc2ccc([N+]3(C(=O)O)C=CN=C3CCN(C)C(=O)OC(C)(C)C)cc2)c1. The lowest BCUT2D eigenvalue weighted by molar-refractivity contribution is 0.0302. The molecule has 0 fully saturated rings. The van der Waals surface area contributed by atoms with Crippen molar-refractivity contribution in [2.45, 2.75) is 32.8 Å². The molecule has 2 amide bonds. The van der Waals surface area contributed by atoms with Crippen LogP contribution in [0.15, 0.2) is 65.9 Å². The molecule has 2 aromatic carbocycles. The largest absolute Gasteiger partial charge is 0.529 e. The Bertz CT molecular complexity index is 1200. The minimum atomic E-state index is -1.16. The van der Waals surface area contributed by atoms with Gasteiger partial charge in [0.25, 0.3) is 0 Å². The molecule has 0 aromatic heterocycles. The first kappa shape index (κ1) is 26.4. The summed E-state index contributed by atoms with van der Waals surface area (Å²) in [5.74, 6) is 0.524. The monoisotopic (exact) mass is 496 g/mol. The highest BCUT2D eigenvalue weighted by molar-refractivity contribution is 6.11. The number of esters is 1. The second-order valence-corrected chi connectivity index (χ2v) is 9.12. The normalized spacial score (nSPS) is 16.8. The van der Waals surface area contributed by atoms with Crippen molar-refractivity contribution < 1.29 is 33.7 Å². The smallest absolute Gasteiger partial charge is 0.497 e. The van der Waals surface area contributed by atoms with Crippen molar-refractivity contribution in [3.05, 3.63) is 66.5 Å². The number of amidine groups is 1. The Morgan fingerprint density at radius 3 is 2.36 bits per heavy atom. The molecule has 1 aliphatic rings. The van der Waals surface area contributed by atoms with Gasteiger partial charge in [-0.05, 0) is 51.1 Å². The van der Waals surface area contributed by atoms with Crippen molar-refractivity contribution in [2.75, 3.05) is 20.7 Å². The number of ether oxygens (including phenoxy) is 3. The van der Waals surface area contributed by atoms with Gasteiger partial charge in [0.2, 0.25) is 5.84 Å². The van der Waals surface area contributed by atoms with Gasteiger partial charge in [0.1, 0.15) is 23.3 Å². The molecule has 36 heavy (non-hydrogen) atoms. The van der Waals surface area contributed by atoms with E-state index < -0.39 is 28.2 Å². The van der Waals surface area contributed by atoms with E-state index in [4.69, 9.17) is 14.2 Å². The van der Waals surface area contributed by atoms with Gasteiger partial charge in [0, 0.05) is 25.7 Å². The van der Waals surface area contributed by atoms with Crippen molar-refractivity contribution in [2.24, 2.45) is 4.99 Å². The molecule has 1 atom stereocenters. The molecule has 190 valence electrons. The number of carboxylic acid groups (broad SMARTS) is 1. The molecular weight excluding hydrogens is 466 g/mol. The molecule has 10 heteroatoms. The van der Waals surface area contributed by atoms with Crippen LogP contribution in [-0.4, -0.2) is 60.3 Å². The minimum absolute atomic E-state index is 0.196. The summed E-state index contributed by atoms with van der Waals surface area (Å²) < 4.78 is 15.2. The maximum Gasteiger partial charge on any atom is 0.529 e. The second-order valence-electron chi connectivity index (χ2n) is 9.12. The van der Waals surface area contributed by atoms with Crippen molar-refractivity contribution in [3.8, 4) is 11.5 Å². The second kappa shape index (κ2) is 10.6. The topological polar surface area (TPSA) is 115 Å². The van der Waals surface area contributed by atoms with Crippen LogP contribution in [0.5, 0.6) is 11.5 Å². The molecule has 0 saturated heterocycles. The third-order valence-electron chi connectivity index (χ3n) is 5.36. The van der Waals surface area contributed by atoms with Gasteiger partial charge >= 0.3 is 18.2 Å². The Morgan fingerprint density at radius 2 is 1.75 bits per heavy atom. The first-order chi connectivity index (χ1) is 17.0. The quantitative estimate of drug-likeness (QED) is 0.324. The van der Waals surface area contributed by atoms with Crippen molar-refractivity contribution in [3.63, 3.8) is 0 Å². The van der Waals surface area contributed by atoms with E-state index in [1.807, 2.05) is 0 Å². The van der Waals surface area contributed by atoms with Crippen LogP contribution >= 0.6 is 0 Å². The molecule has 1 N–H and O–H groups in total. The molecule has 0 spiro atoms. The van der Waals surface area contributed by atoms with E-state index in [-0.39, 0.29) is 18.7 Å². The fraction of sp³-hybridized carbons (Fsp3) is 0.308. The summed E-state index contributed by atoms with van der Waals surface area (Å²) in [6, 6.07) is 12.7. The molecule has 3 rings (SSSR count). The lowest BCUT2D eigenvalue weighted by Crippen LogP contribution is -2.52. The predicted molar refractivity (Wildman–Crippen MR) is 134 cm³/mol. The van der Waals surface area contributed by atoms with Crippen molar-refractivity contribution in [1.29, 1.82) is 0 Å². The molecule has 1 unspecified atom stereocenters. The Morgan fingerprint density at radius 1 is 1.06 bits per heavy atom. The van der Waals surface area contributed by atoms with Crippen molar-refractivity contribution in [1.82, 2.24) is 9.38 Å². The lowest BCUT2D eigenvalue weighted by atomic mass is 10.2. The number of benzene rings is 2. The van der Waals surface area contributed by atoms with Crippen LogP contribution in [-0.2, 0) is 4.74 Å². The number of aliphatic imine (C=N–C) groups is 1. The summed E-state index contributed by atoms with van der Waals surface area (Å²) in [5.41, 5.74) is 0.0609. The number of carbonyl (C=O) groups excluding carboxylic acids is 2. The highest BCUT2D eigenvalue weighted by atomic mass is 16.6. The first-order valence-electron chi connectivity index (χ1n) is 11.2. The summed E-state index contributed by atoms with van der Waals surface area (Å²) in [6.07, 6.45) is 1.39. The number of quaternary nitrogens is 1. The maximum atomic E-state index is 12.5. The van der Waals surface area contributed by atoms with Gasteiger partial charge in [-0.1, -0.05) is 6.07 Å². The molecule has 1 aliphatic heterocycles. The van der Waals surface area contributed by atoms with Gasteiger partial charge in [0.05, 0.1) is 25.3 Å². The molecule has 0 saturated carbocycles. The van der Waals surface area contributed by atoms with Crippen molar-refractivity contribution >= 4 is 29.7 Å². The van der Waals surface area contributed by atoms with E-state index >= 15 is 0 Å². The fourth-order valence-corrected chi connectivity index (χ4v) is 3.52. The van der Waals surface area contributed by atoms with Crippen LogP contribution in [0.1, 0.15) is 37.6 Å². The Kier molecular flexibility index (Phi) is 7.79. The first-order valence-corrected chi connectivity index (χ1v) is 11.2. The van der Waals surface area contributed by atoms with Gasteiger partial charge in [-0.15, -0.1) is 4.48 Å². The highest BCUT2D eigenvalue weighted by Gasteiger charge is 2.46. The third kappa shape index (κ3) is 5.89. The minimum Gasteiger partial charge on any atom is -0.497 e. The van der Waals surface area contributed by atoms with E-state index in [2.05, 4.69) is 4.99 Å². The van der Waals surface area contributed by atoms with E-state index in [1.54, 1.807) is 64.2 Å². The zero-order valence-corrected chi connectivity index (χ0v) is 20.9. The van der Waals surface area contributed by atoms with Gasteiger partial charge in [-0.2, -0.15) is 4.79 Å². The van der Waals surface area contributed by atoms with Crippen LogP contribution in [0.3, 0.4) is 0 Å². The standard InChI is InChI=1S/C26H29N3O7/c1-26(2,3)36-24(31)28(4)15-13-22-27-14-16-29(22,25(32)33)19-9-11-20(12-10-19)35-23(30)18-7-6-8-21(17-18)34-5/h6-12,14,16-17H,13,15H2,1-5H3/p+1. The summed E-state index contributed by atoms with van der Waals surface area (Å²) in [6.45, 7) is 5.52. The predicted octanol–water partition coefficient (Wildman–Crippen LogP) is 5.04. The molecule has 0 radical (unpaired) electrons. The number of nitrogens with zero attached hydrogens (tertiary/aromatic N) is 3. The van der Waals surface area contributed by atoms with Gasteiger partial charge < -0.3 is 24.2 Å². The van der Waals surface area contributed by atoms with E-state index in [9.17, 15) is 19.5 Å². The fourth-order valence-electron chi connectivity index (χ4n) is 3.52. The summed E-state index contributed by atoms with van der Waals surface area (Å²) in [4.78, 5) is 42.9. The lowest BCUT2D eigenvalue weighted by Gasteiger charge is -2.28. The molecular formula is C26H30N3O7+. The van der Waals surface area contributed by atoms with Gasteiger partial charge in [-0.3, -0.25) is 0 Å². The Hall–Kier alpha value is -4.18. The third-order valence-corrected chi connectivity index (χ3v) is 5.36. The number of hydrogen-bond donors (Lipinski definition) is 1. The summed E-state index contributed by atoms with van der Waals surface area (Å²) in [7, 11) is 3.09. The van der Waals surface area contributed by atoms with E-state index in [1.165, 1.54) is 36.5 Å². The molecule has 0 bridgehead atoms. The zero-order valence-electron chi connectivity index (χ0n) is 20.9. The number of hydrogen-bond acceptors (Lipinski definition) is 7. The Balaban J connectivity index is 1.74. The average molecular weight is 497 g/mol. The zero-order chi connectivity index (χ0) is 26.5. The van der Waals surface area contributed by atoms with Crippen LogP contribution < -0.4 is 14.0 Å². The summed E-state index contributed by atoms with van der Waals surface area (Å²) >= 11 is 0. The van der Waals surface area contributed by atoms with Crippen LogP contribution in [0.4, 0.5) is 15.3 Å². The maximum absolute atomic E-state index is 12.5. The molecule has 10 nitrogen and oxygen atoms in total. The van der Waals surface area contributed by atoms with Gasteiger partial charge in [0.15, 0.2) is 5.69 Å². The van der Waals surface area contributed by atoms with Crippen LogP contribution in [0.2, 0.25) is 0 Å². The van der Waals surface area contributed by atoms with Crippen LogP contribution in [0, 0.1) is 0 Å². The number of carbonyl (C=O) groups is 3. The average Bonchev–Trinajstić information content (AvgIpc) is 3.27. The van der Waals surface area contributed by atoms with E-state index in [0.29, 0.717) is 22.8 Å². The molecule has 1 heterocycles. The highest BCUT2D eigenvalue weighted by Crippen LogP contribution is 2.32. The number of rotatable bonds is 7. The van der Waals surface area contributed by atoms with Crippen LogP contribution in [0.25, 0.3) is 0 Å². The molecule has 0 aliphatic carbocycles.